The minimum atomic E-state index is -4.28. The summed E-state index contributed by atoms with van der Waals surface area (Å²) in [4.78, 5) is 0. The lowest BCUT2D eigenvalue weighted by Gasteiger charge is -2.22. The molecule has 0 heterocycles. The summed E-state index contributed by atoms with van der Waals surface area (Å²) in [6.45, 7) is 15.3. The molecule has 0 aliphatic heterocycles. The molecule has 0 saturated carbocycles. The molecule has 0 spiro atoms. The molecule has 5 aromatic carbocycles. The number of aryl methyl sites for hydroxylation is 8. The van der Waals surface area contributed by atoms with E-state index in [1.54, 1.807) is 24.3 Å². The van der Waals surface area contributed by atoms with Gasteiger partial charge in [-0.2, -0.15) is 9.13 Å². The number of hydrogen-bond acceptors (Lipinski definition) is 8. The summed E-state index contributed by atoms with van der Waals surface area (Å²) in [6, 6.07) is 28.1. The third-order valence-electron chi connectivity index (χ3n) is 7.42. The molecule has 5 aromatic rings. The van der Waals surface area contributed by atoms with Crippen LogP contribution >= 0.6 is 15.6 Å². The lowest BCUT2D eigenvalue weighted by atomic mass is 10.1. The van der Waals surface area contributed by atoms with Crippen LogP contribution in [0, 0.1) is 55.4 Å². The van der Waals surface area contributed by atoms with Crippen LogP contribution in [0.3, 0.4) is 0 Å². The summed E-state index contributed by atoms with van der Waals surface area (Å²) < 4.78 is 64.2. The first-order valence-electron chi connectivity index (χ1n) is 15.5. The maximum absolute atomic E-state index is 14.2. The van der Waals surface area contributed by atoms with Gasteiger partial charge in [0.05, 0.1) is 0 Å². The lowest BCUT2D eigenvalue weighted by Crippen LogP contribution is -2.10. The molecule has 10 heteroatoms. The Kier molecular flexibility index (Phi) is 10.3. The maximum Gasteiger partial charge on any atom is 0.647 e. The van der Waals surface area contributed by atoms with Crippen LogP contribution in [0.25, 0.3) is 0 Å². The maximum atomic E-state index is 14.2. The number of phosphoric acid groups is 2. The Bertz CT molecular complexity index is 1780. The molecule has 250 valence electrons. The lowest BCUT2D eigenvalue weighted by molar-refractivity contribution is 0.292. The van der Waals surface area contributed by atoms with Gasteiger partial charge in [-0.15, -0.1) is 0 Å². The van der Waals surface area contributed by atoms with Gasteiger partial charge >= 0.3 is 15.6 Å². The van der Waals surface area contributed by atoms with Crippen molar-refractivity contribution in [3.05, 3.63) is 142 Å². The number of hydrogen-bond donors (Lipinski definition) is 0. The zero-order valence-electron chi connectivity index (χ0n) is 28.4. The summed E-state index contributed by atoms with van der Waals surface area (Å²) in [7, 11) is -8.56. The van der Waals surface area contributed by atoms with Gasteiger partial charge in [0, 0.05) is 0 Å². The van der Waals surface area contributed by atoms with Gasteiger partial charge in [0.25, 0.3) is 0 Å². The molecule has 8 nitrogen and oxygen atoms in total. The highest BCUT2D eigenvalue weighted by Crippen LogP contribution is 2.53. The van der Waals surface area contributed by atoms with Crippen LogP contribution in [0.15, 0.2) is 97.1 Å². The Balaban J connectivity index is 1.43. The first kappa shape index (κ1) is 34.7. The zero-order valence-corrected chi connectivity index (χ0v) is 30.2. The minimum Gasteiger partial charge on any atom is -0.386 e. The van der Waals surface area contributed by atoms with E-state index in [4.69, 9.17) is 27.1 Å². The molecular weight excluding hydrogens is 646 g/mol. The van der Waals surface area contributed by atoms with Gasteiger partial charge in [-0.05, 0) is 126 Å². The van der Waals surface area contributed by atoms with E-state index in [2.05, 4.69) is 0 Å². The van der Waals surface area contributed by atoms with E-state index in [-0.39, 0.29) is 11.5 Å². The number of phosphoric ester groups is 2. The minimum absolute atomic E-state index is 0.167. The molecule has 0 atom stereocenters. The van der Waals surface area contributed by atoms with Crippen LogP contribution < -0.4 is 27.1 Å². The highest BCUT2D eigenvalue weighted by Gasteiger charge is 2.36. The number of rotatable bonds is 12. The number of benzene rings is 5. The summed E-state index contributed by atoms with van der Waals surface area (Å²) in [5.41, 5.74) is 7.21. The topological polar surface area (TPSA) is 89.5 Å². The molecule has 0 unspecified atom stereocenters. The summed E-state index contributed by atoms with van der Waals surface area (Å²) in [5.74, 6) is 1.79. The highest BCUT2D eigenvalue weighted by molar-refractivity contribution is 7.50. The Labute approximate surface area is 282 Å². The monoisotopic (exact) mass is 686 g/mol. The zero-order chi connectivity index (χ0) is 34.6. The van der Waals surface area contributed by atoms with Crippen molar-refractivity contribution in [2.45, 2.75) is 55.4 Å². The fourth-order valence-electron chi connectivity index (χ4n) is 5.02. The molecule has 0 amide bonds. The predicted octanol–water partition coefficient (Wildman–Crippen LogP) is 11.4. The van der Waals surface area contributed by atoms with Gasteiger partial charge in [0.2, 0.25) is 0 Å². The standard InChI is InChI=1S/C38H40O8P2/c1-25-9-17-35(29(5)21-25)43-47(39,44-36-18-10-26(2)22-30(36)6)41-33-13-15-34(16-14-33)42-48(40,45-37-19-11-27(3)23-31(37)7)46-38-20-12-28(4)24-32(38)8/h9-24H,1-8H3. The molecule has 0 aliphatic rings. The molecule has 0 aromatic heterocycles. The molecule has 0 bridgehead atoms. The normalized spacial score (nSPS) is 11.5. The van der Waals surface area contributed by atoms with Crippen molar-refractivity contribution in [1.29, 1.82) is 0 Å². The van der Waals surface area contributed by atoms with Crippen LogP contribution in [0.5, 0.6) is 34.5 Å². The Morgan fingerprint density at radius 3 is 0.771 bits per heavy atom. The van der Waals surface area contributed by atoms with Gasteiger partial charge in [0.1, 0.15) is 34.5 Å². The van der Waals surface area contributed by atoms with Crippen molar-refractivity contribution in [3.8, 4) is 34.5 Å². The van der Waals surface area contributed by atoms with Crippen LogP contribution in [0.2, 0.25) is 0 Å². The van der Waals surface area contributed by atoms with Crippen molar-refractivity contribution in [1.82, 2.24) is 0 Å². The van der Waals surface area contributed by atoms with Crippen LogP contribution in [-0.4, -0.2) is 0 Å². The fraction of sp³-hybridized carbons (Fsp3) is 0.211. The Hall–Kier alpha value is -4.64. The van der Waals surface area contributed by atoms with E-state index in [1.165, 1.54) is 24.3 Å². The third-order valence-corrected chi connectivity index (χ3v) is 9.97. The van der Waals surface area contributed by atoms with Gasteiger partial charge in [-0.3, -0.25) is 0 Å². The highest BCUT2D eigenvalue weighted by atomic mass is 31.2. The van der Waals surface area contributed by atoms with Crippen molar-refractivity contribution in [2.24, 2.45) is 0 Å². The third kappa shape index (κ3) is 8.83. The van der Waals surface area contributed by atoms with Gasteiger partial charge in [-0.1, -0.05) is 70.8 Å². The Morgan fingerprint density at radius 1 is 0.333 bits per heavy atom. The van der Waals surface area contributed by atoms with Crippen molar-refractivity contribution >= 4 is 15.6 Å². The van der Waals surface area contributed by atoms with Crippen molar-refractivity contribution in [2.75, 3.05) is 0 Å². The van der Waals surface area contributed by atoms with E-state index in [9.17, 15) is 9.13 Å². The van der Waals surface area contributed by atoms with E-state index in [0.717, 1.165) is 44.5 Å². The average molecular weight is 687 g/mol. The second-order valence-corrected chi connectivity index (χ2v) is 14.9. The quantitative estimate of drug-likeness (QED) is 0.120. The van der Waals surface area contributed by atoms with Crippen LogP contribution in [-0.2, 0) is 9.13 Å². The molecular formula is C38H40O8P2. The van der Waals surface area contributed by atoms with E-state index < -0.39 is 15.6 Å². The molecule has 0 N–H and O–H groups in total. The first-order valence-corrected chi connectivity index (χ1v) is 18.4. The summed E-state index contributed by atoms with van der Waals surface area (Å²) in [5, 5.41) is 0. The van der Waals surface area contributed by atoms with Crippen LogP contribution in [0.4, 0.5) is 0 Å². The molecule has 0 aliphatic carbocycles. The predicted molar refractivity (Wildman–Crippen MR) is 189 cm³/mol. The van der Waals surface area contributed by atoms with Gasteiger partial charge in [0.15, 0.2) is 0 Å². The van der Waals surface area contributed by atoms with Crippen molar-refractivity contribution < 1.29 is 36.3 Å². The molecule has 0 radical (unpaired) electrons. The van der Waals surface area contributed by atoms with E-state index >= 15 is 0 Å². The van der Waals surface area contributed by atoms with Crippen LogP contribution in [0.1, 0.15) is 44.5 Å². The molecule has 0 saturated heterocycles. The van der Waals surface area contributed by atoms with Crippen molar-refractivity contribution in [3.63, 3.8) is 0 Å². The SMILES string of the molecule is Cc1ccc(OP(=O)(Oc2ccc(OP(=O)(Oc3ccc(C)cc3C)Oc3ccc(C)cc3C)cc2)Oc2ccc(C)cc2C)c(C)c1. The van der Waals surface area contributed by atoms with E-state index in [0.29, 0.717) is 23.0 Å². The van der Waals surface area contributed by atoms with Gasteiger partial charge < -0.3 is 27.1 Å². The fourth-order valence-corrected chi connectivity index (χ4v) is 7.79. The largest absolute Gasteiger partial charge is 0.647 e. The first-order chi connectivity index (χ1) is 22.7. The summed E-state index contributed by atoms with van der Waals surface area (Å²) in [6.07, 6.45) is 0. The molecule has 5 rings (SSSR count). The van der Waals surface area contributed by atoms with E-state index in [1.807, 2.05) is 104 Å². The molecule has 48 heavy (non-hydrogen) atoms. The summed E-state index contributed by atoms with van der Waals surface area (Å²) >= 11 is 0. The second kappa shape index (κ2) is 14.2. The molecule has 0 fully saturated rings. The smallest absolute Gasteiger partial charge is 0.386 e. The average Bonchev–Trinajstić information content (AvgIpc) is 3.00. The second-order valence-electron chi connectivity index (χ2n) is 12.0. The van der Waals surface area contributed by atoms with Gasteiger partial charge in [-0.25, -0.2) is 0 Å². The Morgan fingerprint density at radius 2 is 0.562 bits per heavy atom.